The van der Waals surface area contributed by atoms with Gasteiger partial charge in [-0.25, -0.2) is 9.97 Å². The largest absolute Gasteiger partial charge is 0.409 e. The molecule has 0 atom stereocenters. The van der Waals surface area contributed by atoms with Crippen LogP contribution in [0.15, 0.2) is 56.3 Å². The molecule has 18 heavy (non-hydrogen) atoms. The molecule has 3 N–H and O–H groups in total. The molecule has 0 aliphatic rings. The lowest BCUT2D eigenvalue weighted by Gasteiger charge is -2.06. The van der Waals surface area contributed by atoms with E-state index in [9.17, 15) is 0 Å². The van der Waals surface area contributed by atoms with Crippen molar-refractivity contribution in [2.75, 3.05) is 0 Å². The quantitative estimate of drug-likeness (QED) is 0.392. The number of amidine groups is 1. The summed E-state index contributed by atoms with van der Waals surface area (Å²) in [4.78, 5) is 8.45. The minimum Gasteiger partial charge on any atom is -0.409 e. The first-order chi connectivity index (χ1) is 8.72. The topological polar surface area (TPSA) is 84.4 Å². The fourth-order valence-corrected chi connectivity index (χ4v) is 2.62. The normalized spacial score (nSPS) is 11.5. The maximum atomic E-state index is 8.73. The molecule has 2 heterocycles. The summed E-state index contributed by atoms with van der Waals surface area (Å²) in [5.74, 6) is 0.0256. The third-order valence-electron chi connectivity index (χ3n) is 2.07. The van der Waals surface area contributed by atoms with E-state index in [1.54, 1.807) is 24.5 Å². The zero-order valence-corrected chi connectivity index (χ0v) is 11.5. The number of nitrogens with two attached hydrogens (primary N) is 1. The van der Waals surface area contributed by atoms with Gasteiger partial charge in [-0.2, -0.15) is 0 Å². The summed E-state index contributed by atoms with van der Waals surface area (Å²) < 4.78 is 0.867. The van der Waals surface area contributed by atoms with Crippen molar-refractivity contribution in [3.8, 4) is 0 Å². The monoisotopic (exact) mass is 324 g/mol. The van der Waals surface area contributed by atoms with E-state index in [2.05, 4.69) is 31.1 Å². The van der Waals surface area contributed by atoms with Gasteiger partial charge in [0, 0.05) is 12.4 Å². The molecule has 7 heteroatoms. The maximum absolute atomic E-state index is 8.73. The smallest absolute Gasteiger partial charge is 0.172 e. The van der Waals surface area contributed by atoms with Gasteiger partial charge in [-0.05, 0) is 52.0 Å². The minimum atomic E-state index is 0.0256. The standard InChI is InChI=1S/C11H9BrN4OS/c12-8-4-2-6-15-11(8)18-10-7(9(13)16-17)3-1-5-14-10/h1-6,17H,(H2,13,16). The van der Waals surface area contributed by atoms with Gasteiger partial charge in [0.05, 0.1) is 10.0 Å². The Hall–Kier alpha value is -1.60. The average Bonchev–Trinajstić information content (AvgIpc) is 2.41. The summed E-state index contributed by atoms with van der Waals surface area (Å²) >= 11 is 4.75. The molecule has 0 unspecified atom stereocenters. The molecule has 0 aliphatic carbocycles. The van der Waals surface area contributed by atoms with Crippen LogP contribution in [0.3, 0.4) is 0 Å². The van der Waals surface area contributed by atoms with Gasteiger partial charge in [0.1, 0.15) is 10.1 Å². The van der Waals surface area contributed by atoms with Crippen molar-refractivity contribution in [2.45, 2.75) is 10.1 Å². The molecule has 92 valence electrons. The van der Waals surface area contributed by atoms with Crippen LogP contribution in [0, 0.1) is 0 Å². The SMILES string of the molecule is N/C(=N/O)c1cccnc1Sc1ncccc1Br. The number of pyridine rings is 2. The predicted molar refractivity (Wildman–Crippen MR) is 72.8 cm³/mol. The predicted octanol–water partition coefficient (Wildman–Crippen LogP) is 2.48. The molecule has 0 fully saturated rings. The Bertz CT molecular complexity index is 591. The van der Waals surface area contributed by atoms with Crippen molar-refractivity contribution >= 4 is 33.5 Å². The van der Waals surface area contributed by atoms with E-state index >= 15 is 0 Å². The Morgan fingerprint density at radius 2 is 1.89 bits per heavy atom. The van der Waals surface area contributed by atoms with Crippen LogP contribution >= 0.6 is 27.7 Å². The first-order valence-corrected chi connectivity index (χ1v) is 6.54. The molecule has 0 aliphatic heterocycles. The molecular weight excluding hydrogens is 316 g/mol. The second-order valence-electron chi connectivity index (χ2n) is 3.23. The van der Waals surface area contributed by atoms with E-state index in [0.717, 1.165) is 9.50 Å². The zero-order valence-electron chi connectivity index (χ0n) is 9.12. The third-order valence-corrected chi connectivity index (χ3v) is 4.01. The van der Waals surface area contributed by atoms with Crippen molar-refractivity contribution in [1.29, 1.82) is 0 Å². The first-order valence-electron chi connectivity index (χ1n) is 4.93. The van der Waals surface area contributed by atoms with Gasteiger partial charge >= 0.3 is 0 Å². The van der Waals surface area contributed by atoms with Gasteiger partial charge in [-0.15, -0.1) is 0 Å². The number of hydrogen-bond donors (Lipinski definition) is 2. The van der Waals surface area contributed by atoms with Gasteiger partial charge in [0.2, 0.25) is 0 Å². The summed E-state index contributed by atoms with van der Waals surface area (Å²) in [5.41, 5.74) is 6.17. The minimum absolute atomic E-state index is 0.0256. The highest BCUT2D eigenvalue weighted by Gasteiger charge is 2.11. The highest BCUT2D eigenvalue weighted by molar-refractivity contribution is 9.10. The van der Waals surface area contributed by atoms with Gasteiger partial charge < -0.3 is 10.9 Å². The lowest BCUT2D eigenvalue weighted by atomic mass is 10.3. The Morgan fingerprint density at radius 1 is 1.22 bits per heavy atom. The van der Waals surface area contributed by atoms with Gasteiger partial charge in [0.25, 0.3) is 0 Å². The number of halogens is 1. The van der Waals surface area contributed by atoms with E-state index in [1.807, 2.05) is 12.1 Å². The molecule has 0 amide bonds. The lowest BCUT2D eigenvalue weighted by molar-refractivity contribution is 0.318. The first kappa shape index (κ1) is 12.8. The summed E-state index contributed by atoms with van der Waals surface area (Å²) in [7, 11) is 0. The van der Waals surface area contributed by atoms with Crippen molar-refractivity contribution < 1.29 is 5.21 Å². The number of hydrogen-bond acceptors (Lipinski definition) is 5. The Morgan fingerprint density at radius 3 is 2.56 bits per heavy atom. The molecule has 2 aromatic heterocycles. The van der Waals surface area contributed by atoms with Crippen LogP contribution in [0.4, 0.5) is 0 Å². The van der Waals surface area contributed by atoms with E-state index in [0.29, 0.717) is 10.6 Å². The van der Waals surface area contributed by atoms with E-state index in [1.165, 1.54) is 11.8 Å². The molecule has 0 radical (unpaired) electrons. The van der Waals surface area contributed by atoms with Gasteiger partial charge in [0.15, 0.2) is 5.84 Å². The van der Waals surface area contributed by atoms with Crippen LogP contribution < -0.4 is 5.73 Å². The number of aromatic nitrogens is 2. The highest BCUT2D eigenvalue weighted by Crippen LogP contribution is 2.31. The second-order valence-corrected chi connectivity index (χ2v) is 5.07. The summed E-state index contributed by atoms with van der Waals surface area (Å²) in [6, 6.07) is 7.19. The van der Waals surface area contributed by atoms with Crippen molar-refractivity contribution in [2.24, 2.45) is 10.9 Å². The van der Waals surface area contributed by atoms with Crippen LogP contribution in [0.25, 0.3) is 0 Å². The molecular formula is C11H9BrN4OS. The fourth-order valence-electron chi connectivity index (χ4n) is 1.26. The summed E-state index contributed by atoms with van der Waals surface area (Å²) in [5, 5.41) is 13.1. The highest BCUT2D eigenvalue weighted by atomic mass is 79.9. The molecule has 0 saturated heterocycles. The number of oxime groups is 1. The van der Waals surface area contributed by atoms with Gasteiger partial charge in [-0.3, -0.25) is 0 Å². The Labute approximate surface area is 116 Å². The Balaban J connectivity index is 2.38. The molecule has 2 aromatic rings. The average molecular weight is 325 g/mol. The van der Waals surface area contributed by atoms with Crippen molar-refractivity contribution in [1.82, 2.24) is 9.97 Å². The fraction of sp³-hybridized carbons (Fsp3) is 0. The number of rotatable bonds is 3. The van der Waals surface area contributed by atoms with Crippen LogP contribution in [0.1, 0.15) is 5.56 Å². The molecule has 5 nitrogen and oxygen atoms in total. The molecule has 0 aromatic carbocycles. The van der Waals surface area contributed by atoms with Crippen LogP contribution in [-0.4, -0.2) is 21.0 Å². The zero-order chi connectivity index (χ0) is 13.0. The third kappa shape index (κ3) is 2.80. The van der Waals surface area contributed by atoms with Crippen molar-refractivity contribution in [3.05, 3.63) is 46.7 Å². The maximum Gasteiger partial charge on any atom is 0.172 e. The van der Waals surface area contributed by atoms with E-state index < -0.39 is 0 Å². The summed E-state index contributed by atoms with van der Waals surface area (Å²) in [6.45, 7) is 0. The molecule has 0 saturated carbocycles. The van der Waals surface area contributed by atoms with Crippen LogP contribution in [0.5, 0.6) is 0 Å². The Kier molecular flexibility index (Phi) is 4.16. The summed E-state index contributed by atoms with van der Waals surface area (Å²) in [6.07, 6.45) is 3.34. The number of nitrogens with zero attached hydrogens (tertiary/aromatic N) is 3. The van der Waals surface area contributed by atoms with Crippen LogP contribution in [-0.2, 0) is 0 Å². The molecule has 0 bridgehead atoms. The molecule has 0 spiro atoms. The van der Waals surface area contributed by atoms with Gasteiger partial charge in [-0.1, -0.05) is 5.16 Å². The van der Waals surface area contributed by atoms with E-state index in [-0.39, 0.29) is 5.84 Å². The van der Waals surface area contributed by atoms with Crippen molar-refractivity contribution in [3.63, 3.8) is 0 Å². The van der Waals surface area contributed by atoms with Crippen LogP contribution in [0.2, 0.25) is 0 Å². The molecule has 2 rings (SSSR count). The second kappa shape index (κ2) is 5.83. The van der Waals surface area contributed by atoms with E-state index in [4.69, 9.17) is 10.9 Å². The lowest BCUT2D eigenvalue weighted by Crippen LogP contribution is -2.14.